The second-order valence-corrected chi connectivity index (χ2v) is 7.46. The van der Waals surface area contributed by atoms with Crippen LogP contribution in [0.25, 0.3) is 21.9 Å². The molecule has 0 unspecified atom stereocenters. The van der Waals surface area contributed by atoms with Gasteiger partial charge in [0.25, 0.3) is 6.61 Å². The Morgan fingerprint density at radius 1 is 0.923 bits per heavy atom. The number of benzene rings is 1. The number of hydrogen-bond acceptors (Lipinski definition) is 3. The van der Waals surface area contributed by atoms with E-state index in [1.807, 2.05) is 26.0 Å². The Hall–Kier alpha value is -2.33. The Bertz CT molecular complexity index is 985. The van der Waals surface area contributed by atoms with Gasteiger partial charge in [-0.15, -0.1) is 11.3 Å². The van der Waals surface area contributed by atoms with Gasteiger partial charge in [0.15, 0.2) is 0 Å². The van der Waals surface area contributed by atoms with Gasteiger partial charge < -0.3 is 9.47 Å². The highest BCUT2D eigenvalue weighted by atomic mass is 32.1. The molecular formula is C22H25O3S+. The van der Waals surface area contributed by atoms with Crippen LogP contribution in [0, 0.1) is 13.8 Å². The van der Waals surface area contributed by atoms with E-state index < -0.39 is 0 Å². The maximum atomic E-state index is 6.04. The van der Waals surface area contributed by atoms with Crippen LogP contribution in [0.15, 0.2) is 40.8 Å². The van der Waals surface area contributed by atoms with Crippen LogP contribution in [-0.2, 0) is 0 Å². The van der Waals surface area contributed by atoms with Crippen LogP contribution in [0.5, 0.6) is 11.5 Å². The summed E-state index contributed by atoms with van der Waals surface area (Å²) in [4.78, 5) is 2.50. The lowest BCUT2D eigenvalue weighted by molar-refractivity contribution is 0.344. The molecule has 0 atom stereocenters. The van der Waals surface area contributed by atoms with Crippen LogP contribution in [0.1, 0.15) is 23.6 Å². The predicted octanol–water partition coefficient (Wildman–Crippen LogP) is 5.51. The molecule has 0 amide bonds. The van der Waals surface area contributed by atoms with E-state index in [2.05, 4.69) is 38.1 Å². The first-order valence-corrected chi connectivity index (χ1v) is 9.71. The fourth-order valence-electron chi connectivity index (χ4n) is 3.23. The molecule has 0 radical (unpaired) electrons. The molecule has 0 aliphatic heterocycles. The van der Waals surface area contributed by atoms with Crippen molar-refractivity contribution in [3.63, 3.8) is 0 Å². The molecule has 0 saturated carbocycles. The smallest absolute Gasteiger partial charge is 0.353 e. The normalized spacial score (nSPS) is 11.8. The van der Waals surface area contributed by atoms with Crippen LogP contribution in [0.3, 0.4) is 0 Å². The standard InChI is InChI=1S/C22H25O3S/c1-6-24-19-12-17(16-8-10-18(23-5)11-9-16)13-20(25-7-2)22-15(4)26-14(3)21(19)22/h8-13H,6-7H2,1-5H3/q+1. The Kier molecular flexibility index (Phi) is 5.62. The summed E-state index contributed by atoms with van der Waals surface area (Å²) < 4.78 is 17.4. The van der Waals surface area contributed by atoms with Gasteiger partial charge in [-0.1, -0.05) is 12.1 Å². The van der Waals surface area contributed by atoms with E-state index in [0.717, 1.165) is 38.8 Å². The first kappa shape index (κ1) is 18.5. The van der Waals surface area contributed by atoms with E-state index in [1.54, 1.807) is 18.4 Å². The zero-order valence-corrected chi connectivity index (χ0v) is 16.8. The Balaban J connectivity index is 2.39. The van der Waals surface area contributed by atoms with Crippen LogP contribution in [0.4, 0.5) is 0 Å². The summed E-state index contributed by atoms with van der Waals surface area (Å²) in [5.41, 5.74) is 3.07. The molecule has 0 N–H and O–H groups in total. The molecule has 136 valence electrons. The molecule has 3 nitrogen and oxygen atoms in total. The fourth-order valence-corrected chi connectivity index (χ4v) is 4.30. The van der Waals surface area contributed by atoms with E-state index in [0.29, 0.717) is 13.2 Å². The predicted molar refractivity (Wildman–Crippen MR) is 111 cm³/mol. The molecule has 0 spiro atoms. The lowest BCUT2D eigenvalue weighted by atomic mass is 10.1. The minimum absolute atomic E-state index is 0.624. The van der Waals surface area contributed by atoms with Crippen molar-refractivity contribution < 1.29 is 9.47 Å². The van der Waals surface area contributed by atoms with Crippen molar-refractivity contribution in [2.75, 3.05) is 20.3 Å². The maximum absolute atomic E-state index is 6.04. The van der Waals surface area contributed by atoms with Gasteiger partial charge in [-0.25, -0.2) is 0 Å². The van der Waals surface area contributed by atoms with Crippen molar-refractivity contribution >= 4 is 22.1 Å². The first-order valence-electron chi connectivity index (χ1n) is 8.90. The van der Waals surface area contributed by atoms with Gasteiger partial charge in [0.1, 0.15) is 16.9 Å². The van der Waals surface area contributed by atoms with Crippen molar-refractivity contribution in [1.29, 1.82) is 0 Å². The molecule has 0 bridgehead atoms. The van der Waals surface area contributed by atoms with Crippen LogP contribution in [0.2, 0.25) is 0 Å². The number of fused-ring (bicyclic) bond motifs is 1. The number of aryl methyl sites for hydroxylation is 2. The summed E-state index contributed by atoms with van der Waals surface area (Å²) in [6.45, 7) is 9.57. The van der Waals surface area contributed by atoms with Crippen LogP contribution >= 0.6 is 11.3 Å². The number of thiophene rings is 1. The topological polar surface area (TPSA) is 29.8 Å². The quantitative estimate of drug-likeness (QED) is 0.555. The van der Waals surface area contributed by atoms with E-state index >= 15 is 0 Å². The number of ether oxygens (including phenoxy) is 2. The fraction of sp³-hybridized carbons (Fsp3) is 0.318. The molecule has 0 fully saturated rings. The highest BCUT2D eigenvalue weighted by Crippen LogP contribution is 2.36. The van der Waals surface area contributed by atoms with Crippen LogP contribution in [-0.4, -0.2) is 20.3 Å². The van der Waals surface area contributed by atoms with Crippen molar-refractivity contribution in [3.05, 3.63) is 56.0 Å². The van der Waals surface area contributed by atoms with Gasteiger partial charge in [0.05, 0.1) is 19.8 Å². The third kappa shape index (κ3) is 3.47. The highest BCUT2D eigenvalue weighted by molar-refractivity contribution is 7.13. The van der Waals surface area contributed by atoms with Gasteiger partial charge in [-0.05, 0) is 50.1 Å². The van der Waals surface area contributed by atoms with Crippen LogP contribution < -0.4 is 14.9 Å². The Labute approximate surface area is 158 Å². The van der Waals surface area contributed by atoms with Gasteiger partial charge >= 0.3 is 5.43 Å². The monoisotopic (exact) mass is 369 g/mol. The van der Waals surface area contributed by atoms with Gasteiger partial charge in [-0.2, -0.15) is 0 Å². The largest absolute Gasteiger partial charge is 0.497 e. The lowest BCUT2D eigenvalue weighted by Crippen LogP contribution is -2.01. The summed E-state index contributed by atoms with van der Waals surface area (Å²) in [5, 5.41) is 2.30. The second kappa shape index (κ2) is 7.92. The Morgan fingerprint density at radius 2 is 1.62 bits per heavy atom. The van der Waals surface area contributed by atoms with Gasteiger partial charge in [0.2, 0.25) is 0 Å². The third-order valence-electron chi connectivity index (χ3n) is 4.35. The summed E-state index contributed by atoms with van der Waals surface area (Å²) in [6, 6.07) is 12.3. The van der Waals surface area contributed by atoms with Crippen molar-refractivity contribution in [2.45, 2.75) is 27.7 Å². The molecule has 1 heterocycles. The zero-order chi connectivity index (χ0) is 18.7. The summed E-state index contributed by atoms with van der Waals surface area (Å²) in [7, 11) is 1.68. The molecule has 3 rings (SSSR count). The average Bonchev–Trinajstić information content (AvgIpc) is 2.83. The molecule has 0 saturated heterocycles. The number of rotatable bonds is 5. The minimum atomic E-state index is 0.624. The first-order chi connectivity index (χ1) is 12.6. The minimum Gasteiger partial charge on any atom is -0.497 e. The van der Waals surface area contributed by atoms with Gasteiger partial charge in [0, 0.05) is 22.1 Å². The van der Waals surface area contributed by atoms with Gasteiger partial charge in [-0.3, -0.25) is 4.42 Å². The molecular weight excluding hydrogens is 344 g/mol. The molecule has 26 heavy (non-hydrogen) atoms. The SMILES string of the molecule is CCOc1cc(-c2ccc(OC)cc2)cc(=[O+]CC)c2c(C)sc(C)c12. The van der Waals surface area contributed by atoms with Crippen molar-refractivity contribution in [3.8, 4) is 22.6 Å². The third-order valence-corrected chi connectivity index (χ3v) is 5.37. The lowest BCUT2D eigenvalue weighted by Gasteiger charge is -2.05. The molecule has 4 heteroatoms. The van der Waals surface area contributed by atoms with Crippen molar-refractivity contribution in [2.24, 2.45) is 0 Å². The summed E-state index contributed by atoms with van der Waals surface area (Å²) in [6.07, 6.45) is 0. The van der Waals surface area contributed by atoms with E-state index in [4.69, 9.17) is 13.9 Å². The highest BCUT2D eigenvalue weighted by Gasteiger charge is 2.18. The molecule has 0 aliphatic carbocycles. The zero-order valence-electron chi connectivity index (χ0n) is 16.0. The number of methoxy groups -OCH3 is 1. The maximum Gasteiger partial charge on any atom is 0.353 e. The number of hydrogen-bond donors (Lipinski definition) is 0. The molecule has 3 aromatic rings. The summed E-state index contributed by atoms with van der Waals surface area (Å²) >= 11 is 1.79. The Morgan fingerprint density at radius 3 is 2.23 bits per heavy atom. The molecule has 0 aliphatic rings. The molecule has 1 aromatic heterocycles. The van der Waals surface area contributed by atoms with E-state index in [1.165, 1.54) is 9.75 Å². The summed E-state index contributed by atoms with van der Waals surface area (Å²) in [5.74, 6) is 1.75. The van der Waals surface area contributed by atoms with E-state index in [9.17, 15) is 0 Å². The average molecular weight is 370 g/mol. The second-order valence-electron chi connectivity index (χ2n) is 6.03. The van der Waals surface area contributed by atoms with E-state index in [-0.39, 0.29) is 0 Å². The molecule has 2 aromatic carbocycles. The van der Waals surface area contributed by atoms with Crippen molar-refractivity contribution in [1.82, 2.24) is 0 Å².